The molecule has 0 aromatic heterocycles. The van der Waals surface area contributed by atoms with E-state index in [1.54, 1.807) is 0 Å². The van der Waals surface area contributed by atoms with Crippen molar-refractivity contribution in [1.82, 2.24) is 15.5 Å². The van der Waals surface area contributed by atoms with Crippen molar-refractivity contribution in [3.05, 3.63) is 0 Å². The highest BCUT2D eigenvalue weighted by molar-refractivity contribution is 5.78. The lowest BCUT2D eigenvalue weighted by atomic mass is 9.86. The Morgan fingerprint density at radius 2 is 1.85 bits per heavy atom. The fraction of sp³-hybridized carbons (Fsp3) is 0.938. The molecule has 20 heavy (non-hydrogen) atoms. The summed E-state index contributed by atoms with van der Waals surface area (Å²) >= 11 is 0. The SMILES string of the molecule is CC(C(=O)NCC1(N(C)C)CCCCCC1)C1CNC1. The predicted octanol–water partition coefficient (Wildman–Crippen LogP) is 1.61. The molecule has 4 heteroatoms. The standard InChI is InChI=1S/C16H31N3O/c1-13(14-10-17-11-14)15(20)18-12-16(19(2)3)8-6-4-5-7-9-16/h13-14,17H,4-12H2,1-3H3,(H,18,20). The van der Waals surface area contributed by atoms with Gasteiger partial charge in [-0.2, -0.15) is 0 Å². The fourth-order valence-electron chi connectivity index (χ4n) is 3.46. The van der Waals surface area contributed by atoms with Gasteiger partial charge >= 0.3 is 0 Å². The summed E-state index contributed by atoms with van der Waals surface area (Å²) in [4.78, 5) is 14.7. The summed E-state index contributed by atoms with van der Waals surface area (Å²) in [5, 5.41) is 6.49. The Balaban J connectivity index is 1.89. The van der Waals surface area contributed by atoms with Crippen LogP contribution in [0.25, 0.3) is 0 Å². The van der Waals surface area contributed by atoms with E-state index in [9.17, 15) is 4.79 Å². The Morgan fingerprint density at radius 1 is 1.25 bits per heavy atom. The van der Waals surface area contributed by atoms with Crippen LogP contribution in [0.2, 0.25) is 0 Å². The van der Waals surface area contributed by atoms with Crippen molar-refractivity contribution < 1.29 is 4.79 Å². The van der Waals surface area contributed by atoms with Crippen molar-refractivity contribution in [2.45, 2.75) is 51.0 Å². The van der Waals surface area contributed by atoms with Crippen LogP contribution in [-0.4, -0.2) is 50.1 Å². The molecule has 4 nitrogen and oxygen atoms in total. The van der Waals surface area contributed by atoms with Gasteiger partial charge in [0.25, 0.3) is 0 Å². The van der Waals surface area contributed by atoms with Gasteiger partial charge in [-0.1, -0.05) is 32.6 Å². The molecule has 1 heterocycles. The van der Waals surface area contributed by atoms with E-state index in [4.69, 9.17) is 0 Å². The van der Waals surface area contributed by atoms with Crippen LogP contribution in [0.3, 0.4) is 0 Å². The molecule has 0 radical (unpaired) electrons. The van der Waals surface area contributed by atoms with E-state index < -0.39 is 0 Å². The smallest absolute Gasteiger partial charge is 0.223 e. The van der Waals surface area contributed by atoms with E-state index in [1.165, 1.54) is 38.5 Å². The fourth-order valence-corrected chi connectivity index (χ4v) is 3.46. The lowest BCUT2D eigenvalue weighted by Crippen LogP contribution is -2.55. The molecule has 1 unspecified atom stereocenters. The highest BCUT2D eigenvalue weighted by Crippen LogP contribution is 2.30. The lowest BCUT2D eigenvalue weighted by molar-refractivity contribution is -0.127. The minimum atomic E-state index is 0.140. The molecule has 1 saturated carbocycles. The Labute approximate surface area is 123 Å². The number of likely N-dealkylation sites (N-methyl/N-ethyl adjacent to an activating group) is 1. The molecule has 2 aliphatic rings. The molecule has 1 amide bonds. The second-order valence-corrected chi connectivity index (χ2v) is 6.96. The molecule has 1 saturated heterocycles. The summed E-state index contributed by atoms with van der Waals surface area (Å²) in [5.74, 6) is 0.905. The van der Waals surface area contributed by atoms with Crippen LogP contribution in [-0.2, 0) is 4.79 Å². The Hall–Kier alpha value is -0.610. The van der Waals surface area contributed by atoms with E-state index in [1.807, 2.05) is 0 Å². The number of hydrogen-bond donors (Lipinski definition) is 2. The molecule has 1 aliphatic heterocycles. The lowest BCUT2D eigenvalue weighted by Gasteiger charge is -2.40. The average Bonchev–Trinajstić information content (AvgIpc) is 2.60. The van der Waals surface area contributed by atoms with E-state index >= 15 is 0 Å². The van der Waals surface area contributed by atoms with E-state index in [-0.39, 0.29) is 17.4 Å². The maximum atomic E-state index is 12.3. The maximum Gasteiger partial charge on any atom is 0.223 e. The Kier molecular flexibility index (Phi) is 5.44. The van der Waals surface area contributed by atoms with Crippen LogP contribution in [0.15, 0.2) is 0 Å². The second-order valence-electron chi connectivity index (χ2n) is 6.96. The first-order valence-corrected chi connectivity index (χ1v) is 8.21. The van der Waals surface area contributed by atoms with Crippen LogP contribution < -0.4 is 10.6 Å². The molecular weight excluding hydrogens is 250 g/mol. The van der Waals surface area contributed by atoms with Gasteiger partial charge in [-0.3, -0.25) is 4.79 Å². The third kappa shape index (κ3) is 3.53. The molecular formula is C16H31N3O. The largest absolute Gasteiger partial charge is 0.354 e. The second kappa shape index (κ2) is 6.90. The first-order chi connectivity index (χ1) is 9.55. The highest BCUT2D eigenvalue weighted by Gasteiger charge is 2.35. The van der Waals surface area contributed by atoms with E-state index in [0.29, 0.717) is 5.92 Å². The number of hydrogen-bond acceptors (Lipinski definition) is 3. The zero-order valence-electron chi connectivity index (χ0n) is 13.4. The molecule has 1 aliphatic carbocycles. The molecule has 0 bridgehead atoms. The zero-order valence-corrected chi connectivity index (χ0v) is 13.4. The number of amides is 1. The number of rotatable bonds is 5. The van der Waals surface area contributed by atoms with Gasteiger partial charge in [0.05, 0.1) is 0 Å². The summed E-state index contributed by atoms with van der Waals surface area (Å²) in [6.45, 7) is 4.86. The number of carbonyl (C=O) groups excluding carboxylic acids is 1. The zero-order chi connectivity index (χ0) is 14.6. The summed E-state index contributed by atoms with van der Waals surface area (Å²) < 4.78 is 0. The van der Waals surface area contributed by atoms with Crippen molar-refractivity contribution in [3.8, 4) is 0 Å². The van der Waals surface area contributed by atoms with Gasteiger partial charge in [0, 0.05) is 18.0 Å². The van der Waals surface area contributed by atoms with Crippen LogP contribution in [0.4, 0.5) is 0 Å². The number of nitrogens with zero attached hydrogens (tertiary/aromatic N) is 1. The Morgan fingerprint density at radius 3 is 2.30 bits per heavy atom. The number of nitrogens with one attached hydrogen (secondary N) is 2. The Bertz CT molecular complexity index is 318. The molecule has 2 N–H and O–H groups in total. The van der Waals surface area contributed by atoms with E-state index in [2.05, 4.69) is 36.6 Å². The van der Waals surface area contributed by atoms with Gasteiger partial charge in [0.1, 0.15) is 0 Å². The molecule has 2 rings (SSSR count). The van der Waals surface area contributed by atoms with Gasteiger partial charge in [-0.05, 0) is 45.9 Å². The first-order valence-electron chi connectivity index (χ1n) is 8.21. The van der Waals surface area contributed by atoms with Crippen molar-refractivity contribution in [2.75, 3.05) is 33.7 Å². The van der Waals surface area contributed by atoms with Crippen molar-refractivity contribution in [2.24, 2.45) is 11.8 Å². The minimum absolute atomic E-state index is 0.140. The third-order valence-corrected chi connectivity index (χ3v) is 5.51. The molecule has 1 atom stereocenters. The third-order valence-electron chi connectivity index (χ3n) is 5.51. The monoisotopic (exact) mass is 281 g/mol. The van der Waals surface area contributed by atoms with Crippen LogP contribution in [0.1, 0.15) is 45.4 Å². The topological polar surface area (TPSA) is 44.4 Å². The highest BCUT2D eigenvalue weighted by atomic mass is 16.1. The molecule has 116 valence electrons. The van der Waals surface area contributed by atoms with Crippen molar-refractivity contribution in [1.29, 1.82) is 0 Å². The number of carbonyl (C=O) groups is 1. The maximum absolute atomic E-state index is 12.3. The van der Waals surface area contributed by atoms with Gasteiger partial charge in [-0.25, -0.2) is 0 Å². The normalized spacial score (nSPS) is 24.8. The van der Waals surface area contributed by atoms with Crippen LogP contribution in [0.5, 0.6) is 0 Å². The summed E-state index contributed by atoms with van der Waals surface area (Å²) in [6.07, 6.45) is 7.67. The van der Waals surface area contributed by atoms with Gasteiger partial charge < -0.3 is 15.5 Å². The molecule has 0 aromatic rings. The van der Waals surface area contributed by atoms with E-state index in [0.717, 1.165) is 19.6 Å². The van der Waals surface area contributed by atoms with Crippen molar-refractivity contribution in [3.63, 3.8) is 0 Å². The molecule has 0 aromatic carbocycles. The summed E-state index contributed by atoms with van der Waals surface area (Å²) in [6, 6.07) is 0. The van der Waals surface area contributed by atoms with Crippen LogP contribution in [0, 0.1) is 11.8 Å². The van der Waals surface area contributed by atoms with Gasteiger partial charge in [0.2, 0.25) is 5.91 Å². The van der Waals surface area contributed by atoms with Gasteiger partial charge in [-0.15, -0.1) is 0 Å². The average molecular weight is 281 g/mol. The minimum Gasteiger partial charge on any atom is -0.354 e. The quantitative estimate of drug-likeness (QED) is 0.753. The predicted molar refractivity (Wildman–Crippen MR) is 82.7 cm³/mol. The molecule has 0 spiro atoms. The van der Waals surface area contributed by atoms with Gasteiger partial charge in [0.15, 0.2) is 0 Å². The summed E-state index contributed by atoms with van der Waals surface area (Å²) in [5.41, 5.74) is 0.170. The molecule has 2 fully saturated rings. The van der Waals surface area contributed by atoms with Crippen molar-refractivity contribution >= 4 is 5.91 Å². The summed E-state index contributed by atoms with van der Waals surface area (Å²) in [7, 11) is 4.33. The van der Waals surface area contributed by atoms with Crippen LogP contribution >= 0.6 is 0 Å². The first kappa shape index (κ1) is 15.8.